The summed E-state index contributed by atoms with van der Waals surface area (Å²) in [5.41, 5.74) is 2.72. The molecule has 0 atom stereocenters. The zero-order valence-electron chi connectivity index (χ0n) is 18.6. The van der Waals surface area contributed by atoms with Crippen LogP contribution in [0.25, 0.3) is 32.9 Å². The highest BCUT2D eigenvalue weighted by atomic mass is 32.1. The van der Waals surface area contributed by atoms with Crippen molar-refractivity contribution < 1.29 is 14.1 Å². The van der Waals surface area contributed by atoms with Crippen LogP contribution in [0, 0.1) is 24.0 Å². The molecule has 1 amide bonds. The maximum absolute atomic E-state index is 12.6. The number of amides is 1. The zero-order chi connectivity index (χ0) is 24.5. The van der Waals surface area contributed by atoms with Crippen molar-refractivity contribution in [2.24, 2.45) is 0 Å². The number of hydrogen-bond donors (Lipinski definition) is 1. The maximum Gasteiger partial charge on any atom is 0.280 e. The lowest BCUT2D eigenvalue weighted by atomic mass is 10.1. The molecule has 0 saturated heterocycles. The van der Waals surface area contributed by atoms with Crippen LogP contribution in [0.4, 0.5) is 11.4 Å². The van der Waals surface area contributed by atoms with Crippen LogP contribution in [0.3, 0.4) is 0 Å². The van der Waals surface area contributed by atoms with Gasteiger partial charge in [-0.15, -0.1) is 10.2 Å². The molecule has 0 aliphatic carbocycles. The van der Waals surface area contributed by atoms with Crippen molar-refractivity contribution in [3.8, 4) is 21.9 Å². The monoisotopic (exact) mass is 486 g/mol. The standard InChI is InChI=1S/C24H18N6O4S/c1-14-7-8-16(23-28-29-15(2)26-27-24(29)35-23)13-19(14)25-22(31)12-10-17-9-11-21(34-17)18-5-3-4-6-20(18)30(32)33/h3-13H,1-2H3,(H,25,31)/b12-10+. The first-order chi connectivity index (χ1) is 16.9. The van der Waals surface area contributed by atoms with E-state index in [2.05, 4.69) is 20.6 Å². The first-order valence-electron chi connectivity index (χ1n) is 10.5. The minimum absolute atomic E-state index is 0.0505. The summed E-state index contributed by atoms with van der Waals surface area (Å²) in [5, 5.41) is 27.5. The highest BCUT2D eigenvalue weighted by molar-refractivity contribution is 7.19. The molecular formula is C24H18N6O4S. The van der Waals surface area contributed by atoms with Gasteiger partial charge in [-0.25, -0.2) is 0 Å². The van der Waals surface area contributed by atoms with E-state index in [1.807, 2.05) is 32.0 Å². The number of nitro groups is 1. The van der Waals surface area contributed by atoms with Crippen LogP contribution in [-0.2, 0) is 4.79 Å². The highest BCUT2D eigenvalue weighted by Crippen LogP contribution is 2.31. The molecule has 1 N–H and O–H groups in total. The number of benzene rings is 2. The molecule has 5 rings (SSSR count). The van der Waals surface area contributed by atoms with Gasteiger partial charge in [-0.1, -0.05) is 35.6 Å². The van der Waals surface area contributed by atoms with Gasteiger partial charge >= 0.3 is 0 Å². The molecule has 0 aliphatic rings. The Balaban J connectivity index is 1.32. The second-order valence-corrected chi connectivity index (χ2v) is 8.63. The molecule has 0 bridgehead atoms. The van der Waals surface area contributed by atoms with Gasteiger partial charge in [-0.05, 0) is 49.8 Å². The predicted octanol–water partition coefficient (Wildman–Crippen LogP) is 5.29. The summed E-state index contributed by atoms with van der Waals surface area (Å²) in [6, 6.07) is 15.3. The van der Waals surface area contributed by atoms with Crippen molar-refractivity contribution in [3.05, 3.63) is 87.9 Å². The lowest BCUT2D eigenvalue weighted by molar-refractivity contribution is -0.384. The summed E-state index contributed by atoms with van der Waals surface area (Å²) >= 11 is 1.41. The number of carbonyl (C=O) groups excluding carboxylic acids is 1. The van der Waals surface area contributed by atoms with Crippen LogP contribution in [0.5, 0.6) is 0 Å². The Morgan fingerprint density at radius 1 is 1.14 bits per heavy atom. The molecule has 0 fully saturated rings. The number of hydrogen-bond acceptors (Lipinski definition) is 8. The van der Waals surface area contributed by atoms with Gasteiger partial charge in [0, 0.05) is 23.4 Å². The van der Waals surface area contributed by atoms with E-state index in [9.17, 15) is 14.9 Å². The molecule has 11 heteroatoms. The Bertz CT molecular complexity index is 1610. The van der Waals surface area contributed by atoms with Crippen molar-refractivity contribution in [3.63, 3.8) is 0 Å². The van der Waals surface area contributed by atoms with E-state index < -0.39 is 4.92 Å². The van der Waals surface area contributed by atoms with E-state index in [4.69, 9.17) is 4.42 Å². The molecule has 3 aromatic heterocycles. The van der Waals surface area contributed by atoms with Gasteiger partial charge in [0.05, 0.1) is 10.5 Å². The van der Waals surface area contributed by atoms with E-state index in [0.29, 0.717) is 33.6 Å². The summed E-state index contributed by atoms with van der Waals surface area (Å²) in [6.45, 7) is 3.73. The molecule has 0 saturated carbocycles. The number of aromatic nitrogens is 4. The fraction of sp³-hybridized carbons (Fsp3) is 0.0833. The molecule has 0 aliphatic heterocycles. The van der Waals surface area contributed by atoms with Crippen molar-refractivity contribution in [2.75, 3.05) is 5.32 Å². The summed E-state index contributed by atoms with van der Waals surface area (Å²) < 4.78 is 7.38. The highest BCUT2D eigenvalue weighted by Gasteiger charge is 2.17. The summed E-state index contributed by atoms with van der Waals surface area (Å²) in [5.74, 6) is 1.11. The molecule has 5 aromatic rings. The van der Waals surface area contributed by atoms with E-state index >= 15 is 0 Å². The quantitative estimate of drug-likeness (QED) is 0.196. The number of nitrogens with one attached hydrogen (secondary N) is 1. The van der Waals surface area contributed by atoms with Crippen molar-refractivity contribution >= 4 is 39.7 Å². The molecule has 3 heterocycles. The van der Waals surface area contributed by atoms with Gasteiger partial charge in [-0.3, -0.25) is 14.9 Å². The lowest BCUT2D eigenvalue weighted by Crippen LogP contribution is -2.09. The molecule has 0 unspecified atom stereocenters. The normalized spacial score (nSPS) is 11.4. The minimum atomic E-state index is -0.459. The molecule has 10 nitrogen and oxygen atoms in total. The zero-order valence-corrected chi connectivity index (χ0v) is 19.4. The average Bonchev–Trinajstić information content (AvgIpc) is 3.57. The Kier molecular flexibility index (Phi) is 5.67. The van der Waals surface area contributed by atoms with E-state index in [1.54, 1.807) is 34.8 Å². The van der Waals surface area contributed by atoms with Crippen LogP contribution in [0.1, 0.15) is 17.1 Å². The fourth-order valence-corrected chi connectivity index (χ4v) is 4.36. The Hall–Kier alpha value is -4.64. The van der Waals surface area contributed by atoms with Crippen molar-refractivity contribution in [1.82, 2.24) is 19.8 Å². The summed E-state index contributed by atoms with van der Waals surface area (Å²) in [7, 11) is 0. The van der Waals surface area contributed by atoms with E-state index in [-0.39, 0.29) is 11.6 Å². The minimum Gasteiger partial charge on any atom is -0.456 e. The van der Waals surface area contributed by atoms with Gasteiger partial charge in [0.1, 0.15) is 16.5 Å². The van der Waals surface area contributed by atoms with Gasteiger partial charge < -0.3 is 9.73 Å². The van der Waals surface area contributed by atoms with Crippen LogP contribution in [0.2, 0.25) is 0 Å². The number of para-hydroxylation sites is 1. The predicted molar refractivity (Wildman–Crippen MR) is 132 cm³/mol. The van der Waals surface area contributed by atoms with Crippen LogP contribution in [0.15, 0.2) is 65.1 Å². The third kappa shape index (κ3) is 4.44. The van der Waals surface area contributed by atoms with E-state index in [1.165, 1.54) is 29.6 Å². The topological polar surface area (TPSA) is 128 Å². The fourth-order valence-electron chi connectivity index (χ4n) is 3.48. The Morgan fingerprint density at radius 2 is 1.97 bits per heavy atom. The van der Waals surface area contributed by atoms with Crippen LogP contribution >= 0.6 is 11.3 Å². The SMILES string of the molecule is Cc1ccc(-c2nn3c(C)nnc3s2)cc1NC(=O)/C=C/c1ccc(-c2ccccc2[N+](=O)[O-])o1. The second-order valence-electron chi connectivity index (χ2n) is 7.68. The van der Waals surface area contributed by atoms with E-state index in [0.717, 1.165) is 16.1 Å². The third-order valence-electron chi connectivity index (χ3n) is 5.28. The number of furan rings is 1. The number of nitro benzene ring substituents is 1. The number of fused-ring (bicyclic) bond motifs is 1. The summed E-state index contributed by atoms with van der Waals surface area (Å²) in [4.78, 5) is 24.1. The first kappa shape index (κ1) is 22.2. The lowest BCUT2D eigenvalue weighted by Gasteiger charge is -2.08. The molecule has 0 spiro atoms. The average molecular weight is 487 g/mol. The molecule has 0 radical (unpaired) electrons. The maximum atomic E-state index is 12.6. The van der Waals surface area contributed by atoms with Gasteiger partial charge in [0.25, 0.3) is 5.69 Å². The molecule has 174 valence electrons. The molecule has 35 heavy (non-hydrogen) atoms. The summed E-state index contributed by atoms with van der Waals surface area (Å²) in [6.07, 6.45) is 2.86. The number of rotatable bonds is 6. The second kappa shape index (κ2) is 8.95. The smallest absolute Gasteiger partial charge is 0.280 e. The Morgan fingerprint density at radius 3 is 2.77 bits per heavy atom. The van der Waals surface area contributed by atoms with Crippen LogP contribution in [-0.4, -0.2) is 30.6 Å². The number of nitrogens with zero attached hydrogens (tertiary/aromatic N) is 5. The number of anilines is 1. The largest absolute Gasteiger partial charge is 0.456 e. The molecule has 2 aromatic carbocycles. The first-order valence-corrected chi connectivity index (χ1v) is 11.3. The van der Waals surface area contributed by atoms with Crippen molar-refractivity contribution in [2.45, 2.75) is 13.8 Å². The van der Waals surface area contributed by atoms with Gasteiger partial charge in [0.2, 0.25) is 10.9 Å². The number of aryl methyl sites for hydroxylation is 2. The van der Waals surface area contributed by atoms with Crippen molar-refractivity contribution in [1.29, 1.82) is 0 Å². The molecular weight excluding hydrogens is 468 g/mol. The van der Waals surface area contributed by atoms with Gasteiger partial charge in [0.15, 0.2) is 5.82 Å². The van der Waals surface area contributed by atoms with Gasteiger partial charge in [-0.2, -0.15) is 9.61 Å². The Labute approximate surface area is 202 Å². The third-order valence-corrected chi connectivity index (χ3v) is 6.23. The van der Waals surface area contributed by atoms with Crippen LogP contribution < -0.4 is 5.32 Å². The number of carbonyl (C=O) groups is 1.